The van der Waals surface area contributed by atoms with Crippen LogP contribution in [0.1, 0.15) is 27.9 Å². The van der Waals surface area contributed by atoms with Crippen molar-refractivity contribution in [1.82, 2.24) is 9.88 Å². The minimum absolute atomic E-state index is 0.00418. The Balaban J connectivity index is 1.72. The highest BCUT2D eigenvalue weighted by Gasteiger charge is 2.63. The number of hydrogen-bond acceptors (Lipinski definition) is 10. The van der Waals surface area contributed by atoms with Gasteiger partial charge in [-0.05, 0) is 61.7 Å². The van der Waals surface area contributed by atoms with E-state index in [2.05, 4.69) is 4.98 Å². The van der Waals surface area contributed by atoms with E-state index >= 15 is 0 Å². The van der Waals surface area contributed by atoms with Crippen LogP contribution < -0.4 is 5.73 Å². The maximum atomic E-state index is 13.8. The fraction of sp³-hybridized carbons (Fsp3) is 0.333. The van der Waals surface area contributed by atoms with Crippen LogP contribution in [0.4, 0.5) is 0 Å². The summed E-state index contributed by atoms with van der Waals surface area (Å²) in [6.07, 6.45) is 3.22. The average molecular weight is 522 g/mol. The van der Waals surface area contributed by atoms with E-state index in [0.29, 0.717) is 22.3 Å². The van der Waals surface area contributed by atoms with Crippen molar-refractivity contribution in [2.45, 2.75) is 31.1 Å². The number of pyridine rings is 1. The Morgan fingerprint density at radius 2 is 1.89 bits per heavy atom. The van der Waals surface area contributed by atoms with Crippen molar-refractivity contribution < 1.29 is 39.9 Å². The minimum atomic E-state index is -2.68. The molecule has 5 rings (SSSR count). The number of nitrogens with two attached hydrogens (primary N) is 1. The number of rotatable bonds is 4. The molecule has 0 fully saturated rings. The molecule has 1 amide bonds. The number of amides is 1. The summed E-state index contributed by atoms with van der Waals surface area (Å²) in [6.45, 7) is -0.242. The Morgan fingerprint density at radius 1 is 1.18 bits per heavy atom. The highest BCUT2D eigenvalue weighted by Crippen LogP contribution is 2.53. The minimum Gasteiger partial charge on any atom is -0.510 e. The summed E-state index contributed by atoms with van der Waals surface area (Å²) in [6, 6.07) is 3.61. The second kappa shape index (κ2) is 8.76. The van der Waals surface area contributed by atoms with Gasteiger partial charge in [-0.1, -0.05) is 6.07 Å². The lowest BCUT2D eigenvalue weighted by Gasteiger charge is -2.50. The standard InChI is InChI=1S/C27H27N3O8/c1-30(2)21-16-7-12-6-15-14(13-5-11(10-31)8-29-9-13)3-4-17(32)19(15)22(33)18(12)24(35)27(16,38)25(36)20(23(21)34)26(28)37/h3-5,8-9,12,16,21,31-32,34-35,38H,6-7,10H2,1-2H3,(H2,28,37)/t12-,16-,21+,27-/m0/s1. The van der Waals surface area contributed by atoms with Crippen molar-refractivity contribution in [2.75, 3.05) is 14.1 Å². The highest BCUT2D eigenvalue weighted by atomic mass is 16.3. The Hall–Kier alpha value is -4.06. The fourth-order valence-corrected chi connectivity index (χ4v) is 6.24. The normalized spacial score (nSPS) is 26.8. The van der Waals surface area contributed by atoms with E-state index in [-0.39, 0.29) is 36.3 Å². The van der Waals surface area contributed by atoms with E-state index < -0.39 is 58.0 Å². The number of carbonyl (C=O) groups is 3. The summed E-state index contributed by atoms with van der Waals surface area (Å²) < 4.78 is 0. The van der Waals surface area contributed by atoms with Gasteiger partial charge in [-0.3, -0.25) is 24.3 Å². The van der Waals surface area contributed by atoms with Crippen LogP contribution in [0.3, 0.4) is 0 Å². The third-order valence-electron chi connectivity index (χ3n) is 7.89. The number of phenolic OH excluding ortho intramolecular Hbond substituents is 1. The summed E-state index contributed by atoms with van der Waals surface area (Å²) in [4.78, 5) is 44.8. The molecule has 7 N–H and O–H groups in total. The molecule has 3 aliphatic rings. The van der Waals surface area contributed by atoms with E-state index in [1.807, 2.05) is 0 Å². The first-order valence-corrected chi connectivity index (χ1v) is 12.0. The van der Waals surface area contributed by atoms with Crippen LogP contribution in [-0.4, -0.2) is 78.6 Å². The summed E-state index contributed by atoms with van der Waals surface area (Å²) >= 11 is 0. The Morgan fingerprint density at radius 3 is 2.53 bits per heavy atom. The van der Waals surface area contributed by atoms with Crippen LogP contribution in [0.5, 0.6) is 5.75 Å². The van der Waals surface area contributed by atoms with Crippen molar-refractivity contribution in [2.24, 2.45) is 17.6 Å². The van der Waals surface area contributed by atoms with Gasteiger partial charge in [0.2, 0.25) is 5.78 Å². The molecule has 0 unspecified atom stereocenters. The van der Waals surface area contributed by atoms with Crippen LogP contribution in [0.2, 0.25) is 0 Å². The third kappa shape index (κ3) is 3.39. The molecule has 1 heterocycles. The predicted molar refractivity (Wildman–Crippen MR) is 133 cm³/mol. The van der Waals surface area contributed by atoms with Gasteiger partial charge in [-0.25, -0.2) is 0 Å². The molecular weight excluding hydrogens is 494 g/mol. The number of aromatic nitrogens is 1. The van der Waals surface area contributed by atoms with Crippen LogP contribution in [0, 0.1) is 11.8 Å². The number of ketones is 2. The number of fused-ring (bicyclic) bond motifs is 3. The number of aliphatic hydroxyl groups is 4. The largest absolute Gasteiger partial charge is 0.510 e. The van der Waals surface area contributed by atoms with Gasteiger partial charge in [-0.2, -0.15) is 0 Å². The smallest absolute Gasteiger partial charge is 0.255 e. The molecule has 11 nitrogen and oxygen atoms in total. The molecule has 0 saturated carbocycles. The summed E-state index contributed by atoms with van der Waals surface area (Å²) in [5.41, 5.74) is 3.74. The SMILES string of the molecule is CN(C)[C@H]1C(O)=C(C(N)=O)C(=O)[C@@]2(O)C(O)=C3C(=O)c4c(O)ccc(-c5cncc(CO)c5)c4C[C@H]3C[C@@H]12. The summed E-state index contributed by atoms with van der Waals surface area (Å²) in [5.74, 6) is -6.98. The van der Waals surface area contributed by atoms with Gasteiger partial charge >= 0.3 is 0 Å². The Labute approximate surface area is 217 Å². The molecule has 198 valence electrons. The first kappa shape index (κ1) is 25.6. The lowest BCUT2D eigenvalue weighted by Crippen LogP contribution is -2.63. The number of likely N-dealkylation sites (N-methyl/N-ethyl adjacent to an activating group) is 1. The van der Waals surface area contributed by atoms with Gasteiger partial charge < -0.3 is 31.3 Å². The molecule has 0 saturated heterocycles. The molecule has 11 heteroatoms. The Kier molecular flexibility index (Phi) is 5.90. The number of primary amides is 1. The van der Waals surface area contributed by atoms with Crippen LogP contribution in [0.25, 0.3) is 11.1 Å². The number of phenols is 1. The van der Waals surface area contributed by atoms with Crippen LogP contribution >= 0.6 is 0 Å². The summed E-state index contributed by atoms with van der Waals surface area (Å²) in [7, 11) is 3.15. The zero-order chi connectivity index (χ0) is 27.7. The molecule has 0 radical (unpaired) electrons. The molecule has 0 bridgehead atoms. The van der Waals surface area contributed by atoms with E-state index in [9.17, 15) is 39.9 Å². The number of hydrogen-bond donors (Lipinski definition) is 6. The zero-order valence-electron chi connectivity index (χ0n) is 20.7. The van der Waals surface area contributed by atoms with Crippen molar-refractivity contribution in [1.29, 1.82) is 0 Å². The molecular formula is C27H27N3O8. The lowest BCUT2D eigenvalue weighted by molar-refractivity contribution is -0.148. The second-order valence-corrected chi connectivity index (χ2v) is 10.2. The first-order chi connectivity index (χ1) is 17.9. The van der Waals surface area contributed by atoms with Crippen molar-refractivity contribution in [3.05, 3.63) is 69.9 Å². The predicted octanol–water partition coefficient (Wildman–Crippen LogP) is 0.675. The molecule has 0 spiro atoms. The van der Waals surface area contributed by atoms with Gasteiger partial charge in [0.15, 0.2) is 11.4 Å². The number of carbonyl (C=O) groups excluding carboxylic acids is 3. The van der Waals surface area contributed by atoms with Gasteiger partial charge in [-0.15, -0.1) is 0 Å². The quantitative estimate of drug-likeness (QED) is 0.311. The number of aliphatic hydroxyl groups excluding tert-OH is 3. The molecule has 2 aromatic rings. The van der Waals surface area contributed by atoms with Gasteiger partial charge in [0, 0.05) is 29.4 Å². The molecule has 1 aromatic heterocycles. The van der Waals surface area contributed by atoms with Crippen molar-refractivity contribution in [3.63, 3.8) is 0 Å². The highest BCUT2D eigenvalue weighted by molar-refractivity contribution is 6.24. The monoisotopic (exact) mass is 521 g/mol. The Bertz CT molecular complexity index is 1480. The van der Waals surface area contributed by atoms with Gasteiger partial charge in [0.25, 0.3) is 5.91 Å². The number of Topliss-reactive ketones (excluding diaryl/α,β-unsaturated/α-hetero) is 2. The molecule has 0 aliphatic heterocycles. The molecule has 3 aliphatic carbocycles. The van der Waals surface area contributed by atoms with E-state index in [0.717, 1.165) is 0 Å². The fourth-order valence-electron chi connectivity index (χ4n) is 6.24. The summed E-state index contributed by atoms with van der Waals surface area (Å²) in [5, 5.41) is 54.1. The number of aromatic hydroxyl groups is 1. The van der Waals surface area contributed by atoms with Crippen LogP contribution in [0.15, 0.2) is 53.3 Å². The van der Waals surface area contributed by atoms with Crippen LogP contribution in [-0.2, 0) is 22.6 Å². The maximum absolute atomic E-state index is 13.8. The second-order valence-electron chi connectivity index (χ2n) is 10.2. The zero-order valence-corrected chi connectivity index (χ0v) is 20.7. The lowest BCUT2D eigenvalue weighted by atomic mass is 9.58. The topological polar surface area (TPSA) is 195 Å². The third-order valence-corrected chi connectivity index (χ3v) is 7.89. The van der Waals surface area contributed by atoms with Crippen molar-refractivity contribution in [3.8, 4) is 16.9 Å². The van der Waals surface area contributed by atoms with Gasteiger partial charge in [0.1, 0.15) is 22.8 Å². The average Bonchev–Trinajstić information content (AvgIpc) is 2.86. The first-order valence-electron chi connectivity index (χ1n) is 12.0. The van der Waals surface area contributed by atoms with Gasteiger partial charge in [0.05, 0.1) is 18.2 Å². The maximum Gasteiger partial charge on any atom is 0.255 e. The molecule has 1 aromatic carbocycles. The van der Waals surface area contributed by atoms with E-state index in [1.54, 1.807) is 32.4 Å². The van der Waals surface area contributed by atoms with E-state index in [1.165, 1.54) is 17.2 Å². The van der Waals surface area contributed by atoms with Crippen molar-refractivity contribution >= 4 is 17.5 Å². The molecule has 38 heavy (non-hydrogen) atoms. The molecule has 4 atom stereocenters. The number of benzene rings is 1. The van der Waals surface area contributed by atoms with E-state index in [4.69, 9.17) is 5.73 Å². The number of nitrogens with zero attached hydrogens (tertiary/aromatic N) is 2. The number of allylic oxidation sites excluding steroid dienone is 1.